The number of rotatable bonds is 4. The molecule has 1 fully saturated rings. The van der Waals surface area contributed by atoms with Crippen LogP contribution in [0.3, 0.4) is 0 Å². The first-order chi connectivity index (χ1) is 8.47. The SMILES string of the molecule is CCN(CC1CCCCN1C(=O)[C@H](C)N)C(C)=O. The Morgan fingerprint density at radius 1 is 1.44 bits per heavy atom. The highest BCUT2D eigenvalue weighted by atomic mass is 16.2. The first-order valence-electron chi connectivity index (χ1n) is 6.79. The van der Waals surface area contributed by atoms with Crippen molar-refractivity contribution in [1.82, 2.24) is 9.80 Å². The summed E-state index contributed by atoms with van der Waals surface area (Å²) in [4.78, 5) is 27.2. The summed E-state index contributed by atoms with van der Waals surface area (Å²) in [7, 11) is 0. The molecule has 0 aromatic heterocycles. The molecule has 104 valence electrons. The van der Waals surface area contributed by atoms with Gasteiger partial charge in [-0.2, -0.15) is 0 Å². The van der Waals surface area contributed by atoms with E-state index in [1.165, 1.54) is 0 Å². The van der Waals surface area contributed by atoms with Crippen molar-refractivity contribution in [3.8, 4) is 0 Å². The number of carbonyl (C=O) groups is 2. The van der Waals surface area contributed by atoms with Crippen LogP contribution in [0.4, 0.5) is 0 Å². The molecule has 1 unspecified atom stereocenters. The summed E-state index contributed by atoms with van der Waals surface area (Å²) in [5, 5.41) is 0. The van der Waals surface area contributed by atoms with Crippen molar-refractivity contribution in [3.63, 3.8) is 0 Å². The van der Waals surface area contributed by atoms with Crippen molar-refractivity contribution in [3.05, 3.63) is 0 Å². The largest absolute Gasteiger partial charge is 0.341 e. The van der Waals surface area contributed by atoms with Gasteiger partial charge in [-0.3, -0.25) is 9.59 Å². The number of nitrogens with two attached hydrogens (primary N) is 1. The van der Waals surface area contributed by atoms with Crippen molar-refractivity contribution in [2.45, 2.75) is 52.1 Å². The molecule has 1 aliphatic heterocycles. The fraction of sp³-hybridized carbons (Fsp3) is 0.846. The Balaban J connectivity index is 2.70. The lowest BCUT2D eigenvalue weighted by Crippen LogP contribution is -2.54. The first-order valence-corrected chi connectivity index (χ1v) is 6.79. The summed E-state index contributed by atoms with van der Waals surface area (Å²) in [6.45, 7) is 7.33. The molecule has 0 aromatic rings. The van der Waals surface area contributed by atoms with Crippen molar-refractivity contribution >= 4 is 11.8 Å². The first kappa shape index (κ1) is 15.0. The van der Waals surface area contributed by atoms with Gasteiger partial charge in [0, 0.05) is 32.6 Å². The Bertz CT molecular complexity index is 305. The second-order valence-corrected chi connectivity index (χ2v) is 5.03. The third kappa shape index (κ3) is 3.70. The van der Waals surface area contributed by atoms with Crippen LogP contribution in [-0.2, 0) is 9.59 Å². The van der Waals surface area contributed by atoms with E-state index < -0.39 is 6.04 Å². The molecule has 2 amide bonds. The minimum atomic E-state index is -0.460. The molecule has 1 rings (SSSR count). The number of piperidine rings is 1. The van der Waals surface area contributed by atoms with E-state index in [2.05, 4.69) is 0 Å². The molecule has 0 saturated carbocycles. The van der Waals surface area contributed by atoms with Crippen LogP contribution in [-0.4, -0.2) is 53.3 Å². The summed E-state index contributed by atoms with van der Waals surface area (Å²) in [5.74, 6) is 0.0653. The summed E-state index contributed by atoms with van der Waals surface area (Å²) in [5.41, 5.74) is 5.68. The number of hydrogen-bond acceptors (Lipinski definition) is 3. The van der Waals surface area contributed by atoms with E-state index in [1.54, 1.807) is 18.7 Å². The summed E-state index contributed by atoms with van der Waals surface area (Å²) >= 11 is 0. The lowest BCUT2D eigenvalue weighted by molar-refractivity contribution is -0.139. The number of amides is 2. The zero-order valence-corrected chi connectivity index (χ0v) is 11.7. The predicted molar refractivity (Wildman–Crippen MR) is 70.9 cm³/mol. The van der Waals surface area contributed by atoms with Gasteiger partial charge in [-0.15, -0.1) is 0 Å². The Kier molecular flexibility index (Phi) is 5.59. The normalized spacial score (nSPS) is 21.6. The molecule has 0 bridgehead atoms. The number of likely N-dealkylation sites (tertiary alicyclic amines) is 1. The summed E-state index contributed by atoms with van der Waals surface area (Å²) in [6, 6.07) is -0.334. The zero-order valence-electron chi connectivity index (χ0n) is 11.7. The van der Waals surface area contributed by atoms with E-state index in [-0.39, 0.29) is 17.9 Å². The Morgan fingerprint density at radius 2 is 2.11 bits per heavy atom. The molecule has 1 aliphatic rings. The maximum absolute atomic E-state index is 12.0. The van der Waals surface area contributed by atoms with Crippen molar-refractivity contribution < 1.29 is 9.59 Å². The smallest absolute Gasteiger partial charge is 0.239 e. The van der Waals surface area contributed by atoms with Crippen LogP contribution >= 0.6 is 0 Å². The van der Waals surface area contributed by atoms with Crippen LogP contribution in [0.2, 0.25) is 0 Å². The van der Waals surface area contributed by atoms with Gasteiger partial charge in [-0.25, -0.2) is 0 Å². The Morgan fingerprint density at radius 3 is 2.61 bits per heavy atom. The molecule has 0 radical (unpaired) electrons. The van der Waals surface area contributed by atoms with Crippen LogP contribution in [0.1, 0.15) is 40.0 Å². The van der Waals surface area contributed by atoms with E-state index in [0.717, 1.165) is 25.8 Å². The number of likely N-dealkylation sites (N-methyl/N-ethyl adjacent to an activating group) is 1. The second kappa shape index (κ2) is 6.73. The highest BCUT2D eigenvalue weighted by molar-refractivity contribution is 5.81. The van der Waals surface area contributed by atoms with Crippen LogP contribution in [0, 0.1) is 0 Å². The molecular formula is C13H25N3O2. The van der Waals surface area contributed by atoms with E-state index in [9.17, 15) is 9.59 Å². The van der Waals surface area contributed by atoms with Gasteiger partial charge in [0.25, 0.3) is 0 Å². The van der Waals surface area contributed by atoms with Gasteiger partial charge < -0.3 is 15.5 Å². The summed E-state index contributed by atoms with van der Waals surface area (Å²) < 4.78 is 0. The van der Waals surface area contributed by atoms with E-state index in [1.807, 2.05) is 11.8 Å². The molecular weight excluding hydrogens is 230 g/mol. The summed E-state index contributed by atoms with van der Waals surface area (Å²) in [6.07, 6.45) is 3.10. The second-order valence-electron chi connectivity index (χ2n) is 5.03. The van der Waals surface area contributed by atoms with Gasteiger partial charge in [0.15, 0.2) is 0 Å². The standard InChI is InChI=1S/C13H25N3O2/c1-4-15(11(3)17)9-12-7-5-6-8-16(12)13(18)10(2)14/h10,12H,4-9,14H2,1-3H3/t10-,12?/m0/s1. The predicted octanol–water partition coefficient (Wildman–Crippen LogP) is 0.583. The topological polar surface area (TPSA) is 66.6 Å². The molecule has 2 atom stereocenters. The quantitative estimate of drug-likeness (QED) is 0.799. The Labute approximate surface area is 109 Å². The molecule has 1 saturated heterocycles. The van der Waals surface area contributed by atoms with Crippen molar-refractivity contribution in [2.75, 3.05) is 19.6 Å². The fourth-order valence-electron chi connectivity index (χ4n) is 2.48. The van der Waals surface area contributed by atoms with Crippen molar-refractivity contribution in [2.24, 2.45) is 5.73 Å². The molecule has 0 aromatic carbocycles. The highest BCUT2D eigenvalue weighted by Gasteiger charge is 2.29. The molecule has 18 heavy (non-hydrogen) atoms. The number of hydrogen-bond donors (Lipinski definition) is 1. The van der Waals surface area contributed by atoms with Crippen LogP contribution < -0.4 is 5.73 Å². The van der Waals surface area contributed by atoms with Crippen molar-refractivity contribution in [1.29, 1.82) is 0 Å². The third-order valence-corrected chi connectivity index (χ3v) is 3.56. The van der Waals surface area contributed by atoms with Crippen LogP contribution in [0.15, 0.2) is 0 Å². The van der Waals surface area contributed by atoms with Gasteiger partial charge in [0.05, 0.1) is 6.04 Å². The zero-order chi connectivity index (χ0) is 13.7. The molecule has 1 heterocycles. The van der Waals surface area contributed by atoms with Gasteiger partial charge in [0.1, 0.15) is 0 Å². The maximum Gasteiger partial charge on any atom is 0.239 e. The minimum Gasteiger partial charge on any atom is -0.341 e. The molecule has 0 aliphatic carbocycles. The average molecular weight is 255 g/mol. The highest BCUT2D eigenvalue weighted by Crippen LogP contribution is 2.19. The maximum atomic E-state index is 12.0. The number of carbonyl (C=O) groups excluding carboxylic acids is 2. The molecule has 5 nitrogen and oxygen atoms in total. The van der Waals surface area contributed by atoms with E-state index in [0.29, 0.717) is 13.1 Å². The molecule has 5 heteroatoms. The van der Waals surface area contributed by atoms with Gasteiger partial charge in [0.2, 0.25) is 11.8 Å². The monoisotopic (exact) mass is 255 g/mol. The third-order valence-electron chi connectivity index (χ3n) is 3.56. The van der Waals surface area contributed by atoms with Crippen LogP contribution in [0.5, 0.6) is 0 Å². The lowest BCUT2D eigenvalue weighted by Gasteiger charge is -2.39. The minimum absolute atomic E-state index is 0.000643. The fourth-order valence-corrected chi connectivity index (χ4v) is 2.48. The van der Waals surface area contributed by atoms with E-state index >= 15 is 0 Å². The number of nitrogens with zero attached hydrogens (tertiary/aromatic N) is 2. The average Bonchev–Trinajstić information content (AvgIpc) is 2.35. The van der Waals surface area contributed by atoms with E-state index in [4.69, 9.17) is 5.73 Å². The van der Waals surface area contributed by atoms with Crippen LogP contribution in [0.25, 0.3) is 0 Å². The molecule has 0 spiro atoms. The van der Waals surface area contributed by atoms with Gasteiger partial charge >= 0.3 is 0 Å². The Hall–Kier alpha value is -1.10. The molecule has 2 N–H and O–H groups in total. The lowest BCUT2D eigenvalue weighted by atomic mass is 10.0. The van der Waals surface area contributed by atoms with Gasteiger partial charge in [-0.1, -0.05) is 0 Å². The van der Waals surface area contributed by atoms with Gasteiger partial charge in [-0.05, 0) is 33.1 Å².